The Balaban J connectivity index is 1.48. The zero-order chi connectivity index (χ0) is 22.6. The Morgan fingerprint density at radius 1 is 1.19 bits per heavy atom. The van der Waals surface area contributed by atoms with Crippen LogP contribution in [0.1, 0.15) is 24.4 Å². The van der Waals surface area contributed by atoms with Crippen LogP contribution in [-0.4, -0.2) is 50.6 Å². The van der Waals surface area contributed by atoms with Crippen molar-refractivity contribution in [3.8, 4) is 0 Å². The fraction of sp³-hybridized carbons (Fsp3) is 0.350. The van der Waals surface area contributed by atoms with E-state index in [1.807, 2.05) is 0 Å². The number of fused-ring (bicyclic) bond motifs is 1. The summed E-state index contributed by atoms with van der Waals surface area (Å²) >= 11 is 0. The normalized spacial score (nSPS) is 24.7. The zero-order valence-corrected chi connectivity index (χ0v) is 16.5. The molecule has 0 spiro atoms. The van der Waals surface area contributed by atoms with E-state index in [1.54, 1.807) is 0 Å². The third-order valence-corrected chi connectivity index (χ3v) is 5.60. The maximum atomic E-state index is 14.4. The van der Waals surface area contributed by atoms with Crippen molar-refractivity contribution >= 4 is 23.2 Å². The molecule has 8 nitrogen and oxygen atoms in total. The first-order chi connectivity index (χ1) is 15.3. The number of benzene rings is 1. The Morgan fingerprint density at radius 2 is 1.97 bits per heavy atom. The average Bonchev–Trinajstić information content (AvgIpc) is 3.15. The molecule has 5 rings (SSSR count). The minimum absolute atomic E-state index is 0.00720. The van der Waals surface area contributed by atoms with Crippen molar-refractivity contribution in [1.29, 1.82) is 0 Å². The average molecular weight is 450 g/mol. The maximum absolute atomic E-state index is 14.4. The molecule has 0 unspecified atom stereocenters. The first-order valence-electron chi connectivity index (χ1n) is 9.96. The number of aliphatic hydroxyl groups excluding tert-OH is 1. The fourth-order valence-electron chi connectivity index (χ4n) is 3.92. The number of amides is 2. The lowest BCUT2D eigenvalue weighted by atomic mass is 10.0. The first kappa shape index (κ1) is 20.5. The molecule has 12 heteroatoms. The number of aromatic nitrogens is 3. The minimum Gasteiger partial charge on any atom is -0.391 e. The molecule has 2 aromatic heterocycles. The number of nitrogens with zero attached hydrogens (tertiary/aromatic N) is 4. The van der Waals surface area contributed by atoms with Gasteiger partial charge in [0.25, 0.3) is 5.95 Å². The smallest absolute Gasteiger partial charge is 0.319 e. The molecule has 32 heavy (non-hydrogen) atoms. The van der Waals surface area contributed by atoms with Crippen LogP contribution in [0.25, 0.3) is 5.65 Å². The molecule has 1 saturated heterocycles. The van der Waals surface area contributed by atoms with Gasteiger partial charge in [0.1, 0.15) is 29.3 Å². The molecular formula is C20H18F4N6O2. The van der Waals surface area contributed by atoms with Crippen LogP contribution >= 0.6 is 0 Å². The van der Waals surface area contributed by atoms with Crippen molar-refractivity contribution < 1.29 is 27.5 Å². The third kappa shape index (κ3) is 3.70. The van der Waals surface area contributed by atoms with Gasteiger partial charge < -0.3 is 20.6 Å². The molecule has 1 aromatic carbocycles. The van der Waals surface area contributed by atoms with E-state index in [1.165, 1.54) is 17.2 Å². The predicted molar refractivity (Wildman–Crippen MR) is 105 cm³/mol. The van der Waals surface area contributed by atoms with Gasteiger partial charge in [0.2, 0.25) is 0 Å². The number of nitrogens with one attached hydrogen (secondary N) is 2. The fourth-order valence-corrected chi connectivity index (χ4v) is 3.92. The summed E-state index contributed by atoms with van der Waals surface area (Å²) in [6, 6.07) is 2.47. The van der Waals surface area contributed by atoms with Crippen LogP contribution in [0.4, 0.5) is 33.9 Å². The van der Waals surface area contributed by atoms with E-state index in [4.69, 9.17) is 0 Å². The van der Waals surface area contributed by atoms with Crippen molar-refractivity contribution in [1.82, 2.24) is 19.9 Å². The standard InChI is InChI=1S/C20H18F4N6O2/c21-9-1-2-12(23)11(5-9)14-6-10(22)8-29(14)16-3-4-30-19(26-16)17(18(24)28-30)27-20(32)25-13-7-15(13)31/h1-5,10,13-15,31H,6-8H2,(H2,25,27,32)/t10-,13-,14-,15-/m1/s1. The van der Waals surface area contributed by atoms with Gasteiger partial charge in [-0.2, -0.15) is 4.39 Å². The van der Waals surface area contributed by atoms with Crippen molar-refractivity contribution in [2.24, 2.45) is 0 Å². The first-order valence-corrected chi connectivity index (χ1v) is 9.96. The number of carbonyl (C=O) groups is 1. The van der Waals surface area contributed by atoms with Crippen LogP contribution in [0, 0.1) is 17.6 Å². The molecule has 4 atom stereocenters. The number of hydrogen-bond donors (Lipinski definition) is 3. The molecule has 0 radical (unpaired) electrons. The summed E-state index contributed by atoms with van der Waals surface area (Å²) in [4.78, 5) is 17.9. The Bertz CT molecular complexity index is 1200. The van der Waals surface area contributed by atoms with Gasteiger partial charge in [-0.3, -0.25) is 0 Å². The number of alkyl halides is 1. The SMILES string of the molecule is O=C(Nc1c(F)nn2ccc(N3C[C@H](F)C[C@@H]3c3cc(F)ccc3F)nc12)N[C@@H]1C[C@H]1O. The summed E-state index contributed by atoms with van der Waals surface area (Å²) in [5.74, 6) is -2.12. The van der Waals surface area contributed by atoms with Crippen LogP contribution in [0.5, 0.6) is 0 Å². The van der Waals surface area contributed by atoms with E-state index in [0.717, 1.165) is 22.7 Å². The third-order valence-electron chi connectivity index (χ3n) is 5.60. The van der Waals surface area contributed by atoms with Crippen LogP contribution < -0.4 is 15.5 Å². The molecular weight excluding hydrogens is 432 g/mol. The predicted octanol–water partition coefficient (Wildman–Crippen LogP) is 2.69. The molecule has 2 aliphatic rings. The zero-order valence-electron chi connectivity index (χ0n) is 16.5. The number of halogens is 4. The highest BCUT2D eigenvalue weighted by Crippen LogP contribution is 2.38. The van der Waals surface area contributed by atoms with Gasteiger partial charge in [-0.05, 0) is 30.7 Å². The maximum Gasteiger partial charge on any atom is 0.319 e. The van der Waals surface area contributed by atoms with E-state index in [-0.39, 0.29) is 35.7 Å². The van der Waals surface area contributed by atoms with Gasteiger partial charge in [0.15, 0.2) is 5.65 Å². The summed E-state index contributed by atoms with van der Waals surface area (Å²) < 4.78 is 57.9. The highest BCUT2D eigenvalue weighted by Gasteiger charge is 2.38. The van der Waals surface area contributed by atoms with Crippen LogP contribution in [0.15, 0.2) is 30.5 Å². The largest absolute Gasteiger partial charge is 0.391 e. The van der Waals surface area contributed by atoms with Crippen molar-refractivity contribution in [2.45, 2.75) is 37.2 Å². The van der Waals surface area contributed by atoms with E-state index >= 15 is 0 Å². The second kappa shape index (κ2) is 7.62. The van der Waals surface area contributed by atoms with Gasteiger partial charge in [0, 0.05) is 18.2 Å². The Kier molecular flexibility index (Phi) is 4.88. The van der Waals surface area contributed by atoms with Crippen LogP contribution in [0.3, 0.4) is 0 Å². The molecule has 1 aliphatic carbocycles. The summed E-state index contributed by atoms with van der Waals surface area (Å²) in [7, 11) is 0. The summed E-state index contributed by atoms with van der Waals surface area (Å²) in [5.41, 5.74) is -0.358. The number of hydrogen-bond acceptors (Lipinski definition) is 5. The summed E-state index contributed by atoms with van der Waals surface area (Å²) in [5, 5.41) is 17.8. The number of anilines is 2. The highest BCUT2D eigenvalue weighted by molar-refractivity contribution is 5.93. The minimum atomic E-state index is -1.31. The monoisotopic (exact) mass is 450 g/mol. The van der Waals surface area contributed by atoms with E-state index < -0.39 is 48.0 Å². The Morgan fingerprint density at radius 3 is 2.72 bits per heavy atom. The molecule has 168 valence electrons. The lowest BCUT2D eigenvalue weighted by molar-refractivity contribution is 0.241. The lowest BCUT2D eigenvalue weighted by Gasteiger charge is -2.26. The number of carbonyl (C=O) groups excluding carboxylic acids is 1. The second-order valence-corrected chi connectivity index (χ2v) is 7.89. The molecule has 1 saturated carbocycles. The van der Waals surface area contributed by atoms with Gasteiger partial charge >= 0.3 is 6.03 Å². The molecule has 3 aromatic rings. The highest BCUT2D eigenvalue weighted by atomic mass is 19.1. The van der Waals surface area contributed by atoms with Crippen molar-refractivity contribution in [3.05, 3.63) is 53.6 Å². The summed E-state index contributed by atoms with van der Waals surface area (Å²) in [6.07, 6.45) is -0.236. The van der Waals surface area contributed by atoms with E-state index in [2.05, 4.69) is 20.7 Å². The van der Waals surface area contributed by atoms with Gasteiger partial charge in [0.05, 0.1) is 24.7 Å². The molecule has 3 N–H and O–H groups in total. The van der Waals surface area contributed by atoms with E-state index in [9.17, 15) is 27.5 Å². The van der Waals surface area contributed by atoms with Gasteiger partial charge in [-0.1, -0.05) is 0 Å². The van der Waals surface area contributed by atoms with Crippen molar-refractivity contribution in [2.75, 3.05) is 16.8 Å². The number of rotatable bonds is 4. The second-order valence-electron chi connectivity index (χ2n) is 7.89. The molecule has 2 amide bonds. The van der Waals surface area contributed by atoms with Crippen LogP contribution in [0.2, 0.25) is 0 Å². The van der Waals surface area contributed by atoms with Crippen LogP contribution in [-0.2, 0) is 0 Å². The molecule has 2 fully saturated rings. The van der Waals surface area contributed by atoms with Gasteiger partial charge in [-0.15, -0.1) is 5.10 Å². The molecule has 0 bridgehead atoms. The van der Waals surface area contributed by atoms with Crippen molar-refractivity contribution in [3.63, 3.8) is 0 Å². The molecule has 3 heterocycles. The Hall–Kier alpha value is -3.41. The number of aliphatic hydroxyl groups is 1. The topological polar surface area (TPSA) is 94.8 Å². The molecule has 1 aliphatic heterocycles. The number of urea groups is 1. The van der Waals surface area contributed by atoms with E-state index in [0.29, 0.717) is 6.42 Å². The summed E-state index contributed by atoms with van der Waals surface area (Å²) in [6.45, 7) is -0.122. The quantitative estimate of drug-likeness (QED) is 0.532. The Labute approximate surface area is 178 Å². The van der Waals surface area contributed by atoms with Gasteiger partial charge in [-0.25, -0.2) is 27.5 Å². The lowest BCUT2D eigenvalue weighted by Crippen LogP contribution is -2.32.